The van der Waals surface area contributed by atoms with Gasteiger partial charge >= 0.3 is 0 Å². The van der Waals surface area contributed by atoms with Crippen LogP contribution in [0, 0.1) is 12.7 Å². The highest BCUT2D eigenvalue weighted by Gasteiger charge is 2.08. The summed E-state index contributed by atoms with van der Waals surface area (Å²) >= 11 is 0. The molecule has 2 aromatic rings. The molecular weight excluding hydrogens is 241 g/mol. The van der Waals surface area contributed by atoms with Crippen molar-refractivity contribution in [3.63, 3.8) is 0 Å². The molecule has 0 saturated carbocycles. The summed E-state index contributed by atoms with van der Waals surface area (Å²) in [4.78, 5) is 0. The third-order valence-electron chi connectivity index (χ3n) is 3.11. The van der Waals surface area contributed by atoms with Crippen molar-refractivity contribution >= 4 is 5.69 Å². The Morgan fingerprint density at radius 2 is 1.95 bits per heavy atom. The standard InChI is InChI=1S/C16H18FNO/c1-11-7-8-14(10-16(11)19)18-12(2)9-13-5-3-4-6-15(13)17/h3-8,10,12,18-19H,9H2,1-2H3. The first kappa shape index (κ1) is 13.4. The normalized spacial score (nSPS) is 12.2. The van der Waals surface area contributed by atoms with E-state index in [1.807, 2.05) is 32.0 Å². The van der Waals surface area contributed by atoms with Gasteiger partial charge in [0.05, 0.1) is 0 Å². The Bertz CT molecular complexity index is 568. The summed E-state index contributed by atoms with van der Waals surface area (Å²) in [6, 6.07) is 12.3. The zero-order valence-corrected chi connectivity index (χ0v) is 11.2. The molecule has 0 fully saturated rings. The number of anilines is 1. The number of benzene rings is 2. The van der Waals surface area contributed by atoms with Crippen LogP contribution >= 0.6 is 0 Å². The number of nitrogens with one attached hydrogen (secondary N) is 1. The fourth-order valence-corrected chi connectivity index (χ4v) is 2.03. The molecule has 0 aliphatic carbocycles. The third-order valence-corrected chi connectivity index (χ3v) is 3.11. The molecule has 0 aromatic heterocycles. The van der Waals surface area contributed by atoms with Crippen LogP contribution in [0.3, 0.4) is 0 Å². The Balaban J connectivity index is 2.03. The second kappa shape index (κ2) is 5.74. The van der Waals surface area contributed by atoms with Crippen molar-refractivity contribution in [2.45, 2.75) is 26.3 Å². The summed E-state index contributed by atoms with van der Waals surface area (Å²) in [7, 11) is 0. The van der Waals surface area contributed by atoms with Crippen molar-refractivity contribution in [2.24, 2.45) is 0 Å². The molecule has 0 bridgehead atoms. The predicted octanol–water partition coefficient (Wildman–Crippen LogP) is 3.88. The molecule has 0 amide bonds. The van der Waals surface area contributed by atoms with Gasteiger partial charge in [0, 0.05) is 17.8 Å². The van der Waals surface area contributed by atoms with Gasteiger partial charge in [0.2, 0.25) is 0 Å². The van der Waals surface area contributed by atoms with Crippen molar-refractivity contribution in [1.29, 1.82) is 0 Å². The Morgan fingerprint density at radius 3 is 2.63 bits per heavy atom. The number of phenolic OH excluding ortho intramolecular Hbond substituents is 1. The van der Waals surface area contributed by atoms with Gasteiger partial charge in [-0.25, -0.2) is 4.39 Å². The van der Waals surface area contributed by atoms with E-state index >= 15 is 0 Å². The van der Waals surface area contributed by atoms with E-state index in [0.717, 1.165) is 11.3 Å². The maximum absolute atomic E-state index is 13.5. The number of aromatic hydroxyl groups is 1. The highest BCUT2D eigenvalue weighted by atomic mass is 19.1. The molecule has 2 aromatic carbocycles. The van der Waals surface area contributed by atoms with Crippen molar-refractivity contribution in [3.8, 4) is 5.75 Å². The minimum absolute atomic E-state index is 0.0824. The molecular formula is C16H18FNO. The highest BCUT2D eigenvalue weighted by molar-refractivity contribution is 5.51. The van der Waals surface area contributed by atoms with Gasteiger partial charge in [-0.1, -0.05) is 24.3 Å². The lowest BCUT2D eigenvalue weighted by molar-refractivity contribution is 0.471. The molecule has 0 radical (unpaired) electrons. The second-order valence-corrected chi connectivity index (χ2v) is 4.84. The minimum atomic E-state index is -0.178. The smallest absolute Gasteiger partial charge is 0.126 e. The molecule has 0 heterocycles. The molecule has 2 nitrogen and oxygen atoms in total. The van der Waals surface area contributed by atoms with Crippen LogP contribution in [0.15, 0.2) is 42.5 Å². The van der Waals surface area contributed by atoms with E-state index in [1.165, 1.54) is 6.07 Å². The number of phenols is 1. The average Bonchev–Trinajstić information content (AvgIpc) is 2.37. The highest BCUT2D eigenvalue weighted by Crippen LogP contribution is 2.22. The van der Waals surface area contributed by atoms with Crippen molar-refractivity contribution < 1.29 is 9.50 Å². The van der Waals surface area contributed by atoms with E-state index in [9.17, 15) is 9.50 Å². The van der Waals surface area contributed by atoms with E-state index in [1.54, 1.807) is 18.2 Å². The van der Waals surface area contributed by atoms with Crippen molar-refractivity contribution in [1.82, 2.24) is 0 Å². The Morgan fingerprint density at radius 1 is 1.21 bits per heavy atom. The number of aryl methyl sites for hydroxylation is 1. The topological polar surface area (TPSA) is 32.3 Å². The second-order valence-electron chi connectivity index (χ2n) is 4.84. The van der Waals surface area contributed by atoms with Crippen LogP contribution in [0.2, 0.25) is 0 Å². The molecule has 1 atom stereocenters. The van der Waals surface area contributed by atoms with Gasteiger partial charge in [0.1, 0.15) is 11.6 Å². The molecule has 1 unspecified atom stereocenters. The summed E-state index contributed by atoms with van der Waals surface area (Å²) in [5.41, 5.74) is 2.37. The molecule has 0 spiro atoms. The van der Waals surface area contributed by atoms with Crippen LogP contribution in [-0.2, 0) is 6.42 Å². The quantitative estimate of drug-likeness (QED) is 0.873. The van der Waals surface area contributed by atoms with E-state index in [-0.39, 0.29) is 17.6 Å². The van der Waals surface area contributed by atoms with Gasteiger partial charge < -0.3 is 10.4 Å². The Kier molecular flexibility index (Phi) is 4.05. The van der Waals surface area contributed by atoms with Crippen LogP contribution in [0.5, 0.6) is 5.75 Å². The first-order valence-corrected chi connectivity index (χ1v) is 6.36. The Hall–Kier alpha value is -2.03. The minimum Gasteiger partial charge on any atom is -0.508 e. The maximum atomic E-state index is 13.5. The third kappa shape index (κ3) is 3.47. The zero-order valence-electron chi connectivity index (χ0n) is 11.2. The van der Waals surface area contributed by atoms with Crippen molar-refractivity contribution in [2.75, 3.05) is 5.32 Å². The van der Waals surface area contributed by atoms with Gasteiger partial charge in [-0.15, -0.1) is 0 Å². The number of hydrogen-bond donors (Lipinski definition) is 2. The number of halogens is 1. The van der Waals surface area contributed by atoms with E-state index in [0.29, 0.717) is 12.0 Å². The molecule has 2 N–H and O–H groups in total. The Labute approximate surface area is 112 Å². The van der Waals surface area contributed by atoms with Crippen LogP contribution in [0.4, 0.5) is 10.1 Å². The van der Waals surface area contributed by atoms with Crippen LogP contribution in [0.1, 0.15) is 18.1 Å². The van der Waals surface area contributed by atoms with Gasteiger partial charge in [-0.3, -0.25) is 0 Å². The molecule has 100 valence electrons. The van der Waals surface area contributed by atoms with Crippen molar-refractivity contribution in [3.05, 3.63) is 59.4 Å². The predicted molar refractivity (Wildman–Crippen MR) is 76.0 cm³/mol. The fraction of sp³-hybridized carbons (Fsp3) is 0.250. The molecule has 0 aliphatic rings. The summed E-state index contributed by atoms with van der Waals surface area (Å²) in [5.74, 6) is 0.0889. The van der Waals surface area contributed by atoms with Gasteiger partial charge in [-0.05, 0) is 43.5 Å². The monoisotopic (exact) mass is 259 g/mol. The lowest BCUT2D eigenvalue weighted by atomic mass is 10.1. The fourth-order valence-electron chi connectivity index (χ4n) is 2.03. The molecule has 0 aliphatic heterocycles. The first-order chi connectivity index (χ1) is 9.06. The SMILES string of the molecule is Cc1ccc(NC(C)Cc2ccccc2F)cc1O. The molecule has 3 heteroatoms. The lowest BCUT2D eigenvalue weighted by Gasteiger charge is -2.16. The largest absolute Gasteiger partial charge is 0.508 e. The average molecular weight is 259 g/mol. The van der Waals surface area contributed by atoms with Gasteiger partial charge in [0.15, 0.2) is 0 Å². The van der Waals surface area contributed by atoms with E-state index in [4.69, 9.17) is 0 Å². The van der Waals surface area contributed by atoms with Gasteiger partial charge in [0.25, 0.3) is 0 Å². The van der Waals surface area contributed by atoms with Crippen LogP contribution in [-0.4, -0.2) is 11.1 Å². The molecule has 19 heavy (non-hydrogen) atoms. The maximum Gasteiger partial charge on any atom is 0.126 e. The van der Waals surface area contributed by atoms with Gasteiger partial charge in [-0.2, -0.15) is 0 Å². The summed E-state index contributed by atoms with van der Waals surface area (Å²) in [5, 5.41) is 12.9. The summed E-state index contributed by atoms with van der Waals surface area (Å²) in [6.07, 6.45) is 0.599. The van der Waals surface area contributed by atoms with Crippen LogP contribution < -0.4 is 5.32 Å². The zero-order chi connectivity index (χ0) is 13.8. The molecule has 2 rings (SSSR count). The number of rotatable bonds is 4. The summed E-state index contributed by atoms with van der Waals surface area (Å²) in [6.45, 7) is 3.84. The van der Waals surface area contributed by atoms with E-state index < -0.39 is 0 Å². The van der Waals surface area contributed by atoms with Crippen LogP contribution in [0.25, 0.3) is 0 Å². The van der Waals surface area contributed by atoms with E-state index in [2.05, 4.69) is 5.32 Å². The first-order valence-electron chi connectivity index (χ1n) is 6.36. The summed E-state index contributed by atoms with van der Waals surface area (Å²) < 4.78 is 13.5. The number of hydrogen-bond acceptors (Lipinski definition) is 2. The molecule has 0 saturated heterocycles. The lowest BCUT2D eigenvalue weighted by Crippen LogP contribution is -2.18.